The summed E-state index contributed by atoms with van der Waals surface area (Å²) in [6, 6.07) is 9.77. The second kappa shape index (κ2) is 6.48. The molecule has 21 heavy (non-hydrogen) atoms. The minimum atomic E-state index is -0.114. The van der Waals surface area contributed by atoms with E-state index in [4.69, 9.17) is 4.74 Å². The van der Waals surface area contributed by atoms with Crippen molar-refractivity contribution >= 4 is 5.91 Å². The van der Waals surface area contributed by atoms with E-state index in [1.165, 1.54) is 11.4 Å². The van der Waals surface area contributed by atoms with Crippen LogP contribution in [0.15, 0.2) is 30.3 Å². The fourth-order valence-electron chi connectivity index (χ4n) is 2.21. The smallest absolute Gasteiger partial charge is 0.258 e. The fraction of sp³-hybridized carbons (Fsp3) is 0.353. The number of aromatic nitrogens is 1. The van der Waals surface area contributed by atoms with Crippen LogP contribution in [0.2, 0.25) is 0 Å². The van der Waals surface area contributed by atoms with Gasteiger partial charge in [0.1, 0.15) is 5.75 Å². The van der Waals surface area contributed by atoms with Crippen LogP contribution in [0, 0.1) is 20.8 Å². The molecular formula is C17H22N2O2. The molecule has 0 saturated carbocycles. The van der Waals surface area contributed by atoms with Gasteiger partial charge in [-0.1, -0.05) is 12.1 Å². The van der Waals surface area contributed by atoms with Crippen LogP contribution in [0.5, 0.6) is 5.75 Å². The number of nitrogens with zero attached hydrogens (tertiary/aromatic N) is 1. The molecule has 0 aliphatic rings. The van der Waals surface area contributed by atoms with Crippen LogP contribution in [0.4, 0.5) is 0 Å². The van der Waals surface area contributed by atoms with Gasteiger partial charge in [-0.2, -0.15) is 0 Å². The van der Waals surface area contributed by atoms with Gasteiger partial charge in [0, 0.05) is 25.0 Å². The molecule has 0 aliphatic carbocycles. The Morgan fingerprint density at radius 2 is 2.00 bits per heavy atom. The Labute approximate surface area is 125 Å². The van der Waals surface area contributed by atoms with Gasteiger partial charge in [0.25, 0.3) is 5.91 Å². The van der Waals surface area contributed by atoms with Crippen molar-refractivity contribution in [1.29, 1.82) is 0 Å². The largest absolute Gasteiger partial charge is 0.484 e. The summed E-state index contributed by atoms with van der Waals surface area (Å²) in [7, 11) is 2.02. The van der Waals surface area contributed by atoms with Crippen molar-refractivity contribution in [1.82, 2.24) is 9.88 Å². The average Bonchev–Trinajstić information content (AvgIpc) is 2.70. The predicted octanol–water partition coefficient (Wildman–Crippen LogP) is 2.65. The highest BCUT2D eigenvalue weighted by atomic mass is 16.5. The van der Waals surface area contributed by atoms with Gasteiger partial charge in [0.2, 0.25) is 0 Å². The highest BCUT2D eigenvalue weighted by Gasteiger charge is 2.08. The van der Waals surface area contributed by atoms with Crippen LogP contribution >= 0.6 is 0 Å². The SMILES string of the molecule is Cc1cccc(OCC(=O)NCc2cc(C)n(C)c2C)c1. The monoisotopic (exact) mass is 286 g/mol. The van der Waals surface area contributed by atoms with Gasteiger partial charge < -0.3 is 14.6 Å². The minimum absolute atomic E-state index is 0.0360. The number of amides is 1. The Morgan fingerprint density at radius 1 is 1.24 bits per heavy atom. The zero-order valence-corrected chi connectivity index (χ0v) is 13.1. The van der Waals surface area contributed by atoms with Crippen molar-refractivity contribution in [2.45, 2.75) is 27.3 Å². The molecule has 0 atom stereocenters. The molecule has 2 rings (SSSR count). The van der Waals surface area contributed by atoms with E-state index in [2.05, 4.69) is 29.8 Å². The van der Waals surface area contributed by atoms with Gasteiger partial charge in [0.15, 0.2) is 6.61 Å². The molecule has 1 aromatic heterocycles. The lowest BCUT2D eigenvalue weighted by molar-refractivity contribution is -0.123. The van der Waals surface area contributed by atoms with Crippen molar-refractivity contribution in [3.05, 3.63) is 52.8 Å². The number of hydrogen-bond acceptors (Lipinski definition) is 2. The first-order valence-corrected chi connectivity index (χ1v) is 7.05. The molecule has 4 nitrogen and oxygen atoms in total. The van der Waals surface area contributed by atoms with E-state index in [9.17, 15) is 4.79 Å². The summed E-state index contributed by atoms with van der Waals surface area (Å²) < 4.78 is 7.59. The van der Waals surface area contributed by atoms with Crippen molar-refractivity contribution in [2.75, 3.05) is 6.61 Å². The third-order valence-electron chi connectivity index (χ3n) is 3.72. The normalized spacial score (nSPS) is 10.5. The van der Waals surface area contributed by atoms with Gasteiger partial charge in [-0.3, -0.25) is 4.79 Å². The number of benzene rings is 1. The molecule has 1 amide bonds. The summed E-state index contributed by atoms with van der Waals surface area (Å²) in [4.78, 5) is 11.8. The highest BCUT2D eigenvalue weighted by molar-refractivity contribution is 5.77. The van der Waals surface area contributed by atoms with E-state index in [1.807, 2.05) is 38.2 Å². The third kappa shape index (κ3) is 3.88. The molecule has 0 saturated heterocycles. The number of carbonyl (C=O) groups is 1. The molecule has 0 radical (unpaired) electrons. The minimum Gasteiger partial charge on any atom is -0.484 e. The second-order valence-electron chi connectivity index (χ2n) is 5.34. The average molecular weight is 286 g/mol. The number of aryl methyl sites for hydroxylation is 2. The Kier molecular flexibility index (Phi) is 4.68. The van der Waals surface area contributed by atoms with E-state index in [-0.39, 0.29) is 12.5 Å². The Balaban J connectivity index is 1.83. The molecule has 0 unspecified atom stereocenters. The number of nitrogens with one attached hydrogen (secondary N) is 1. The van der Waals surface area contributed by atoms with Crippen LogP contribution in [0.3, 0.4) is 0 Å². The van der Waals surface area contributed by atoms with E-state index >= 15 is 0 Å². The first-order valence-electron chi connectivity index (χ1n) is 7.05. The molecule has 2 aromatic rings. The molecule has 0 aliphatic heterocycles. The van der Waals surface area contributed by atoms with Crippen LogP contribution in [-0.4, -0.2) is 17.1 Å². The molecule has 1 aromatic carbocycles. The molecule has 0 fully saturated rings. The molecule has 0 bridgehead atoms. The van der Waals surface area contributed by atoms with Gasteiger partial charge in [-0.05, 0) is 50.1 Å². The Hall–Kier alpha value is -2.23. The quantitative estimate of drug-likeness (QED) is 0.918. The fourth-order valence-corrected chi connectivity index (χ4v) is 2.21. The number of ether oxygens (including phenoxy) is 1. The van der Waals surface area contributed by atoms with Crippen LogP contribution < -0.4 is 10.1 Å². The number of carbonyl (C=O) groups excluding carboxylic acids is 1. The molecule has 1 N–H and O–H groups in total. The van der Waals surface area contributed by atoms with Gasteiger partial charge in [-0.15, -0.1) is 0 Å². The third-order valence-corrected chi connectivity index (χ3v) is 3.72. The maximum Gasteiger partial charge on any atom is 0.258 e. The van der Waals surface area contributed by atoms with Crippen molar-refractivity contribution in [3.63, 3.8) is 0 Å². The lowest BCUT2D eigenvalue weighted by Gasteiger charge is -2.08. The van der Waals surface area contributed by atoms with Crippen LogP contribution in [0.1, 0.15) is 22.5 Å². The highest BCUT2D eigenvalue weighted by Crippen LogP contribution is 2.13. The number of hydrogen-bond donors (Lipinski definition) is 1. The standard InChI is InChI=1S/C17H22N2O2/c1-12-6-5-7-16(8-12)21-11-17(20)18-10-15-9-13(2)19(4)14(15)3/h5-9H,10-11H2,1-4H3,(H,18,20). The van der Waals surface area contributed by atoms with Gasteiger partial charge in [-0.25, -0.2) is 0 Å². The summed E-state index contributed by atoms with van der Waals surface area (Å²) in [5, 5.41) is 2.89. The molecule has 0 spiro atoms. The zero-order valence-electron chi connectivity index (χ0n) is 13.1. The predicted molar refractivity (Wildman–Crippen MR) is 83.4 cm³/mol. The molecule has 4 heteroatoms. The summed E-state index contributed by atoms with van der Waals surface area (Å²) in [6.45, 7) is 6.67. The van der Waals surface area contributed by atoms with E-state index in [1.54, 1.807) is 0 Å². The van der Waals surface area contributed by atoms with E-state index < -0.39 is 0 Å². The molecule has 112 valence electrons. The van der Waals surface area contributed by atoms with Gasteiger partial charge >= 0.3 is 0 Å². The van der Waals surface area contributed by atoms with Crippen LogP contribution in [-0.2, 0) is 18.4 Å². The molecular weight excluding hydrogens is 264 g/mol. The summed E-state index contributed by atoms with van der Waals surface area (Å²) in [6.07, 6.45) is 0. The van der Waals surface area contributed by atoms with Crippen molar-refractivity contribution in [3.8, 4) is 5.75 Å². The lowest BCUT2D eigenvalue weighted by Crippen LogP contribution is -2.28. The lowest BCUT2D eigenvalue weighted by atomic mass is 10.2. The first kappa shape index (κ1) is 15.2. The maximum atomic E-state index is 11.8. The summed E-state index contributed by atoms with van der Waals surface area (Å²) in [5.74, 6) is 0.606. The van der Waals surface area contributed by atoms with Crippen molar-refractivity contribution < 1.29 is 9.53 Å². The Morgan fingerprint density at radius 3 is 2.62 bits per heavy atom. The topological polar surface area (TPSA) is 43.3 Å². The Bertz CT molecular complexity index is 644. The maximum absolute atomic E-state index is 11.8. The van der Waals surface area contributed by atoms with E-state index in [0.717, 1.165) is 16.9 Å². The summed E-state index contributed by atoms with van der Waals surface area (Å²) in [5.41, 5.74) is 4.61. The summed E-state index contributed by atoms with van der Waals surface area (Å²) >= 11 is 0. The number of rotatable bonds is 5. The van der Waals surface area contributed by atoms with E-state index in [0.29, 0.717) is 6.54 Å². The van der Waals surface area contributed by atoms with Crippen molar-refractivity contribution in [2.24, 2.45) is 7.05 Å². The molecule has 1 heterocycles. The first-order chi connectivity index (χ1) is 9.97. The van der Waals surface area contributed by atoms with Crippen LogP contribution in [0.25, 0.3) is 0 Å². The zero-order chi connectivity index (χ0) is 15.4. The van der Waals surface area contributed by atoms with Gasteiger partial charge in [0.05, 0.1) is 0 Å². The second-order valence-corrected chi connectivity index (χ2v) is 5.34.